The van der Waals surface area contributed by atoms with E-state index in [9.17, 15) is 4.79 Å². The highest BCUT2D eigenvalue weighted by Crippen LogP contribution is 2.34. The summed E-state index contributed by atoms with van der Waals surface area (Å²) in [5, 5.41) is 0. The van der Waals surface area contributed by atoms with Gasteiger partial charge in [0.2, 0.25) is 5.91 Å². The van der Waals surface area contributed by atoms with Gasteiger partial charge in [-0.25, -0.2) is 0 Å². The van der Waals surface area contributed by atoms with Crippen molar-refractivity contribution in [1.29, 1.82) is 0 Å². The van der Waals surface area contributed by atoms with Crippen LogP contribution in [-0.4, -0.2) is 21.9 Å². The van der Waals surface area contributed by atoms with E-state index in [0.717, 1.165) is 0 Å². The van der Waals surface area contributed by atoms with Gasteiger partial charge in [-0.15, -0.1) is 0 Å². The molecule has 0 fully saturated rings. The molecule has 0 unspecified atom stereocenters. The Bertz CT molecular complexity index is 220. The number of carbonyl (C=O) groups is 1. The molecule has 0 radical (unpaired) electrons. The maximum absolute atomic E-state index is 11.4. The second kappa shape index (κ2) is 2.35. The summed E-state index contributed by atoms with van der Waals surface area (Å²) in [5.41, 5.74) is -0.259. The summed E-state index contributed by atoms with van der Waals surface area (Å²) >= 11 is 0. The molecule has 0 aromatic rings. The summed E-state index contributed by atoms with van der Waals surface area (Å²) in [4.78, 5) is 13.3. The molecule has 1 aliphatic rings. The predicted molar refractivity (Wildman–Crippen MR) is 49.8 cm³/mol. The number of carbonyl (C=O) groups excluding carboxylic acids is 1. The largest absolute Gasteiger partial charge is 0.326 e. The Labute approximate surface area is 74.2 Å². The molecule has 0 aromatic carbocycles. The zero-order valence-corrected chi connectivity index (χ0v) is 8.51. The lowest BCUT2D eigenvalue weighted by Crippen LogP contribution is -2.51. The van der Waals surface area contributed by atoms with E-state index in [1.807, 2.05) is 4.90 Å². The molecule has 1 heterocycles. The lowest BCUT2D eigenvalue weighted by molar-refractivity contribution is -0.136. The molecule has 1 amide bonds. The number of amides is 1. The van der Waals surface area contributed by atoms with Gasteiger partial charge in [0.25, 0.3) is 0 Å². The molecule has 0 saturated heterocycles. The molecule has 0 spiro atoms. The number of rotatable bonds is 0. The summed E-state index contributed by atoms with van der Waals surface area (Å²) in [6.07, 6.45) is 4.18. The van der Waals surface area contributed by atoms with E-state index >= 15 is 0 Å². The molecule has 0 N–H and O–H groups in total. The lowest BCUT2D eigenvalue weighted by atomic mass is 10.0. The highest BCUT2D eigenvalue weighted by Gasteiger charge is 2.41. The molecule has 68 valence electrons. The van der Waals surface area contributed by atoms with E-state index in [0.29, 0.717) is 0 Å². The fraction of sp³-hybridized carbons (Fsp3) is 0.700. The fourth-order valence-electron chi connectivity index (χ4n) is 2.11. The Morgan fingerprint density at radius 1 is 1.08 bits per heavy atom. The number of hydrogen-bond donors (Lipinski definition) is 0. The zero-order chi connectivity index (χ0) is 9.57. The predicted octanol–water partition coefficient (Wildman–Crippen LogP) is 1.96. The molecule has 1 rings (SSSR count). The molecule has 1 aliphatic heterocycles. The first-order chi connectivity index (χ1) is 5.27. The molecular weight excluding hydrogens is 150 g/mol. The Morgan fingerprint density at radius 3 is 1.58 bits per heavy atom. The number of hydrogen-bond acceptors (Lipinski definition) is 1. The summed E-state index contributed by atoms with van der Waals surface area (Å²) in [7, 11) is 0. The molecule has 2 nitrogen and oxygen atoms in total. The average molecular weight is 167 g/mol. The summed E-state index contributed by atoms with van der Waals surface area (Å²) in [5.74, 6) is 0.134. The van der Waals surface area contributed by atoms with Crippen LogP contribution in [0.4, 0.5) is 0 Å². The van der Waals surface area contributed by atoms with Crippen molar-refractivity contribution < 1.29 is 4.79 Å². The van der Waals surface area contributed by atoms with Crippen molar-refractivity contribution in [3.63, 3.8) is 0 Å². The van der Waals surface area contributed by atoms with Crippen LogP contribution in [0.15, 0.2) is 12.2 Å². The zero-order valence-electron chi connectivity index (χ0n) is 8.51. The maximum Gasteiger partial charge on any atom is 0.220 e. The molecule has 0 aliphatic carbocycles. The normalized spacial score (nSPS) is 24.6. The topological polar surface area (TPSA) is 20.3 Å². The van der Waals surface area contributed by atoms with Crippen molar-refractivity contribution in [1.82, 2.24) is 4.90 Å². The van der Waals surface area contributed by atoms with Crippen molar-refractivity contribution in [3.8, 4) is 0 Å². The van der Waals surface area contributed by atoms with Crippen molar-refractivity contribution in [2.75, 3.05) is 0 Å². The van der Waals surface area contributed by atoms with Crippen LogP contribution in [0.1, 0.15) is 34.6 Å². The summed E-state index contributed by atoms with van der Waals surface area (Å²) < 4.78 is 0. The molecule has 0 bridgehead atoms. The minimum Gasteiger partial charge on any atom is -0.326 e. The standard InChI is InChI=1S/C10H17NO/c1-8(12)11-9(2,3)6-7-10(11,4)5/h6-7H,1-5H3. The van der Waals surface area contributed by atoms with Crippen LogP contribution in [-0.2, 0) is 4.79 Å². The van der Waals surface area contributed by atoms with Crippen LogP contribution in [0.2, 0.25) is 0 Å². The average Bonchev–Trinajstić information content (AvgIpc) is 2.01. The first kappa shape index (κ1) is 9.30. The highest BCUT2D eigenvalue weighted by atomic mass is 16.2. The van der Waals surface area contributed by atoms with Gasteiger partial charge in [0.15, 0.2) is 0 Å². The molecule has 2 heteroatoms. The number of nitrogens with zero attached hydrogens (tertiary/aromatic N) is 1. The molecule has 0 saturated carbocycles. The van der Waals surface area contributed by atoms with Crippen LogP contribution in [0.25, 0.3) is 0 Å². The van der Waals surface area contributed by atoms with Crippen molar-refractivity contribution >= 4 is 5.91 Å². The van der Waals surface area contributed by atoms with E-state index in [1.54, 1.807) is 6.92 Å². The fourth-order valence-corrected chi connectivity index (χ4v) is 2.11. The first-order valence-corrected chi connectivity index (χ1v) is 4.29. The third-order valence-corrected chi connectivity index (χ3v) is 2.37. The van der Waals surface area contributed by atoms with Crippen LogP contribution >= 0.6 is 0 Å². The Hall–Kier alpha value is -0.790. The molecule has 0 atom stereocenters. The third-order valence-electron chi connectivity index (χ3n) is 2.37. The SMILES string of the molecule is CC(=O)N1C(C)(C)C=CC1(C)C. The Morgan fingerprint density at radius 2 is 1.42 bits per heavy atom. The van der Waals surface area contributed by atoms with Crippen LogP contribution in [0, 0.1) is 0 Å². The van der Waals surface area contributed by atoms with E-state index in [2.05, 4.69) is 39.8 Å². The summed E-state index contributed by atoms with van der Waals surface area (Å²) in [6, 6.07) is 0. The van der Waals surface area contributed by atoms with E-state index in [-0.39, 0.29) is 17.0 Å². The Balaban J connectivity index is 3.03. The van der Waals surface area contributed by atoms with Gasteiger partial charge < -0.3 is 4.90 Å². The van der Waals surface area contributed by atoms with Gasteiger partial charge in [-0.2, -0.15) is 0 Å². The molecule has 12 heavy (non-hydrogen) atoms. The van der Waals surface area contributed by atoms with Gasteiger partial charge in [0.05, 0.1) is 11.1 Å². The van der Waals surface area contributed by atoms with E-state index < -0.39 is 0 Å². The Kier molecular flexibility index (Phi) is 1.82. The second-order valence-corrected chi connectivity index (χ2v) is 4.50. The van der Waals surface area contributed by atoms with E-state index in [1.165, 1.54) is 0 Å². The van der Waals surface area contributed by atoms with Gasteiger partial charge in [-0.1, -0.05) is 12.2 Å². The van der Waals surface area contributed by atoms with Crippen molar-refractivity contribution in [2.24, 2.45) is 0 Å². The second-order valence-electron chi connectivity index (χ2n) is 4.50. The maximum atomic E-state index is 11.4. The monoisotopic (exact) mass is 167 g/mol. The highest BCUT2D eigenvalue weighted by molar-refractivity contribution is 5.76. The van der Waals surface area contributed by atoms with Crippen LogP contribution in [0.5, 0.6) is 0 Å². The van der Waals surface area contributed by atoms with Gasteiger partial charge in [-0.3, -0.25) is 4.79 Å². The minimum atomic E-state index is -0.130. The van der Waals surface area contributed by atoms with Gasteiger partial charge in [0, 0.05) is 6.92 Å². The van der Waals surface area contributed by atoms with Gasteiger partial charge in [-0.05, 0) is 27.7 Å². The van der Waals surface area contributed by atoms with Crippen molar-refractivity contribution in [3.05, 3.63) is 12.2 Å². The minimum absolute atomic E-state index is 0.130. The smallest absolute Gasteiger partial charge is 0.220 e. The molecular formula is C10H17NO. The first-order valence-electron chi connectivity index (χ1n) is 4.29. The lowest BCUT2D eigenvalue weighted by Gasteiger charge is -2.40. The van der Waals surface area contributed by atoms with Crippen LogP contribution in [0.3, 0.4) is 0 Å². The van der Waals surface area contributed by atoms with Crippen LogP contribution < -0.4 is 0 Å². The quantitative estimate of drug-likeness (QED) is 0.505. The third kappa shape index (κ3) is 1.26. The molecule has 0 aromatic heterocycles. The summed E-state index contributed by atoms with van der Waals surface area (Å²) in [6.45, 7) is 9.84. The van der Waals surface area contributed by atoms with Gasteiger partial charge >= 0.3 is 0 Å². The van der Waals surface area contributed by atoms with E-state index in [4.69, 9.17) is 0 Å². The van der Waals surface area contributed by atoms with Crippen molar-refractivity contribution in [2.45, 2.75) is 45.7 Å². The van der Waals surface area contributed by atoms with Gasteiger partial charge in [0.1, 0.15) is 0 Å².